The van der Waals surface area contributed by atoms with Gasteiger partial charge in [-0.1, -0.05) is 33.2 Å². The zero-order valence-electron chi connectivity index (χ0n) is 10.3. The lowest BCUT2D eigenvalue weighted by Gasteiger charge is -2.20. The third-order valence-corrected chi connectivity index (χ3v) is 3.44. The van der Waals surface area contributed by atoms with E-state index in [1.165, 1.54) is 0 Å². The summed E-state index contributed by atoms with van der Waals surface area (Å²) >= 11 is 3.45. The molecule has 2 heterocycles. The number of nitrogens with zero attached hydrogens (tertiary/aromatic N) is 2. The summed E-state index contributed by atoms with van der Waals surface area (Å²) in [6.45, 7) is 2.29. The van der Waals surface area contributed by atoms with Gasteiger partial charge in [0.05, 0.1) is 13.0 Å². The maximum atomic E-state index is 5.59. The van der Waals surface area contributed by atoms with E-state index in [9.17, 15) is 0 Å². The van der Waals surface area contributed by atoms with Crippen LogP contribution in [0, 0.1) is 0 Å². The normalized spacial score (nSPS) is 19.5. The zero-order chi connectivity index (χ0) is 13.1. The van der Waals surface area contributed by atoms with Crippen molar-refractivity contribution in [3.8, 4) is 0 Å². The van der Waals surface area contributed by atoms with Crippen LogP contribution in [0.15, 0.2) is 33.3 Å². The van der Waals surface area contributed by atoms with Crippen molar-refractivity contribution >= 4 is 15.9 Å². The Kier molecular flexibility index (Phi) is 3.91. The molecule has 0 amide bonds. The van der Waals surface area contributed by atoms with Crippen molar-refractivity contribution in [2.24, 2.45) is 0 Å². The Labute approximate surface area is 119 Å². The molecule has 5 nitrogen and oxygen atoms in total. The smallest absolute Gasteiger partial charge is 0.231 e. The molecule has 0 saturated carbocycles. The van der Waals surface area contributed by atoms with Gasteiger partial charge in [-0.2, -0.15) is 4.98 Å². The molecule has 100 valence electrons. The molecule has 0 spiro atoms. The SMILES string of the molecule is Brc1cccc(Cc2nc(C3CNCCO3)no2)c1. The van der Waals surface area contributed by atoms with Gasteiger partial charge in [-0.3, -0.25) is 0 Å². The summed E-state index contributed by atoms with van der Waals surface area (Å²) in [4.78, 5) is 4.40. The van der Waals surface area contributed by atoms with Gasteiger partial charge in [0.15, 0.2) is 0 Å². The van der Waals surface area contributed by atoms with Gasteiger partial charge in [0.2, 0.25) is 11.7 Å². The third-order valence-electron chi connectivity index (χ3n) is 2.94. The highest BCUT2D eigenvalue weighted by Gasteiger charge is 2.21. The van der Waals surface area contributed by atoms with Gasteiger partial charge in [-0.05, 0) is 17.7 Å². The van der Waals surface area contributed by atoms with Crippen molar-refractivity contribution in [3.05, 3.63) is 46.0 Å². The molecule has 1 N–H and O–H groups in total. The van der Waals surface area contributed by atoms with Gasteiger partial charge >= 0.3 is 0 Å². The lowest BCUT2D eigenvalue weighted by atomic mass is 10.1. The molecule has 1 aliphatic heterocycles. The number of hydrogen-bond donors (Lipinski definition) is 1. The summed E-state index contributed by atoms with van der Waals surface area (Å²) in [5, 5.41) is 7.24. The first-order valence-corrected chi connectivity index (χ1v) is 7.00. The molecule has 3 rings (SSSR count). The summed E-state index contributed by atoms with van der Waals surface area (Å²) in [7, 11) is 0. The second kappa shape index (κ2) is 5.81. The van der Waals surface area contributed by atoms with Crippen LogP contribution in [0.1, 0.15) is 23.4 Å². The molecule has 1 aromatic carbocycles. The monoisotopic (exact) mass is 323 g/mol. The molecule has 1 atom stereocenters. The molecule has 1 saturated heterocycles. The van der Waals surface area contributed by atoms with Crippen LogP contribution in [0.5, 0.6) is 0 Å². The van der Waals surface area contributed by atoms with E-state index in [1.54, 1.807) is 0 Å². The molecular weight excluding hydrogens is 310 g/mol. The summed E-state index contributed by atoms with van der Waals surface area (Å²) < 4.78 is 11.9. The van der Waals surface area contributed by atoms with Crippen molar-refractivity contribution in [2.45, 2.75) is 12.5 Å². The summed E-state index contributed by atoms with van der Waals surface area (Å²) in [5.74, 6) is 1.24. The minimum absolute atomic E-state index is 0.103. The van der Waals surface area contributed by atoms with E-state index < -0.39 is 0 Å². The van der Waals surface area contributed by atoms with Crippen LogP contribution >= 0.6 is 15.9 Å². The predicted molar refractivity (Wildman–Crippen MR) is 72.8 cm³/mol. The van der Waals surface area contributed by atoms with Crippen LogP contribution < -0.4 is 5.32 Å². The van der Waals surface area contributed by atoms with Gasteiger partial charge in [0.25, 0.3) is 0 Å². The zero-order valence-corrected chi connectivity index (χ0v) is 11.9. The molecule has 0 bridgehead atoms. The van der Waals surface area contributed by atoms with Crippen LogP contribution in [-0.2, 0) is 11.2 Å². The Morgan fingerprint density at radius 3 is 3.16 bits per heavy atom. The standard InChI is InChI=1S/C13H14BrN3O2/c14-10-3-1-2-9(6-10)7-12-16-13(17-19-12)11-8-15-4-5-18-11/h1-3,6,11,15H,4-5,7-8H2. The quantitative estimate of drug-likeness (QED) is 0.937. The highest BCUT2D eigenvalue weighted by Crippen LogP contribution is 2.18. The lowest BCUT2D eigenvalue weighted by molar-refractivity contribution is 0.0208. The molecule has 6 heteroatoms. The van der Waals surface area contributed by atoms with E-state index in [0.29, 0.717) is 24.7 Å². The second-order valence-corrected chi connectivity index (χ2v) is 5.33. The maximum Gasteiger partial charge on any atom is 0.231 e. The van der Waals surface area contributed by atoms with Crippen LogP contribution in [0.2, 0.25) is 0 Å². The molecule has 19 heavy (non-hydrogen) atoms. The summed E-state index contributed by atoms with van der Waals surface area (Å²) in [5.41, 5.74) is 1.13. The number of halogens is 1. The minimum Gasteiger partial charge on any atom is -0.367 e. The molecular formula is C13H14BrN3O2. The van der Waals surface area contributed by atoms with Crippen LogP contribution in [-0.4, -0.2) is 29.8 Å². The first-order valence-electron chi connectivity index (χ1n) is 6.20. The molecule has 2 aromatic rings. The van der Waals surface area contributed by atoms with Crippen molar-refractivity contribution in [1.82, 2.24) is 15.5 Å². The molecule has 0 aliphatic carbocycles. The Morgan fingerprint density at radius 1 is 1.42 bits per heavy atom. The fourth-order valence-electron chi connectivity index (χ4n) is 2.02. The molecule has 0 radical (unpaired) electrons. The lowest BCUT2D eigenvalue weighted by Crippen LogP contribution is -2.33. The number of morpholine rings is 1. The van der Waals surface area contributed by atoms with Gasteiger partial charge in [0.1, 0.15) is 6.10 Å². The van der Waals surface area contributed by atoms with E-state index in [1.807, 2.05) is 24.3 Å². The highest BCUT2D eigenvalue weighted by atomic mass is 79.9. The molecule has 1 unspecified atom stereocenters. The predicted octanol–water partition coefficient (Wildman–Crippen LogP) is 2.08. The third kappa shape index (κ3) is 3.20. The number of nitrogens with one attached hydrogen (secondary N) is 1. The maximum absolute atomic E-state index is 5.59. The first-order chi connectivity index (χ1) is 9.31. The first kappa shape index (κ1) is 12.8. The minimum atomic E-state index is -0.103. The van der Waals surface area contributed by atoms with Gasteiger partial charge < -0.3 is 14.6 Å². The molecule has 1 aliphatic rings. The number of benzene rings is 1. The fourth-order valence-corrected chi connectivity index (χ4v) is 2.47. The Balaban J connectivity index is 1.70. The Bertz CT molecular complexity index is 552. The van der Waals surface area contributed by atoms with Gasteiger partial charge in [0, 0.05) is 17.6 Å². The van der Waals surface area contributed by atoms with Crippen LogP contribution in [0.3, 0.4) is 0 Å². The summed E-state index contributed by atoms with van der Waals surface area (Å²) in [6.07, 6.45) is 0.529. The highest BCUT2D eigenvalue weighted by molar-refractivity contribution is 9.10. The van der Waals surface area contributed by atoms with E-state index in [2.05, 4.69) is 31.4 Å². The average Bonchev–Trinajstić information content (AvgIpc) is 2.88. The fraction of sp³-hybridized carbons (Fsp3) is 0.385. The number of hydrogen-bond acceptors (Lipinski definition) is 5. The van der Waals surface area contributed by atoms with Crippen molar-refractivity contribution in [2.75, 3.05) is 19.7 Å². The van der Waals surface area contributed by atoms with Crippen LogP contribution in [0.4, 0.5) is 0 Å². The number of ether oxygens (including phenoxy) is 1. The van der Waals surface area contributed by atoms with E-state index in [4.69, 9.17) is 9.26 Å². The van der Waals surface area contributed by atoms with Crippen molar-refractivity contribution in [1.29, 1.82) is 0 Å². The van der Waals surface area contributed by atoms with Gasteiger partial charge in [-0.25, -0.2) is 0 Å². The Hall–Kier alpha value is -1.24. The summed E-state index contributed by atoms with van der Waals surface area (Å²) in [6, 6.07) is 8.06. The van der Waals surface area contributed by atoms with Crippen molar-refractivity contribution in [3.63, 3.8) is 0 Å². The van der Waals surface area contributed by atoms with E-state index in [0.717, 1.165) is 23.1 Å². The number of rotatable bonds is 3. The van der Waals surface area contributed by atoms with E-state index >= 15 is 0 Å². The molecule has 1 aromatic heterocycles. The average molecular weight is 324 g/mol. The topological polar surface area (TPSA) is 60.2 Å². The van der Waals surface area contributed by atoms with Crippen LogP contribution in [0.25, 0.3) is 0 Å². The number of aromatic nitrogens is 2. The Morgan fingerprint density at radius 2 is 2.37 bits per heavy atom. The molecule has 1 fully saturated rings. The van der Waals surface area contributed by atoms with Crippen molar-refractivity contribution < 1.29 is 9.26 Å². The van der Waals surface area contributed by atoms with Gasteiger partial charge in [-0.15, -0.1) is 0 Å². The largest absolute Gasteiger partial charge is 0.367 e. The second-order valence-electron chi connectivity index (χ2n) is 4.42. The van der Waals surface area contributed by atoms with E-state index in [-0.39, 0.29) is 6.10 Å².